The highest BCUT2D eigenvalue weighted by Gasteiger charge is 2.18. The van der Waals surface area contributed by atoms with Crippen molar-refractivity contribution >= 4 is 22.4 Å². The number of fused-ring (bicyclic) bond motifs is 1. The van der Waals surface area contributed by atoms with Crippen LogP contribution in [0, 0.1) is 13.8 Å². The maximum Gasteiger partial charge on any atom is 0.262 e. The van der Waals surface area contributed by atoms with Crippen molar-refractivity contribution in [2.75, 3.05) is 0 Å². The number of hydrogen-bond acceptors (Lipinski definition) is 4. The van der Waals surface area contributed by atoms with Crippen LogP contribution in [-0.4, -0.2) is 14.7 Å². The molecule has 0 aliphatic carbocycles. The highest BCUT2D eigenvalue weighted by molar-refractivity contribution is 6.33. The van der Waals surface area contributed by atoms with Gasteiger partial charge in [-0.2, -0.15) is 4.98 Å². The Balaban J connectivity index is 1.74. The van der Waals surface area contributed by atoms with Crippen molar-refractivity contribution in [3.63, 3.8) is 0 Å². The van der Waals surface area contributed by atoms with Gasteiger partial charge >= 0.3 is 0 Å². The molecular formula is C25H18ClN3O2. The number of hydrogen-bond donors (Lipinski definition) is 0. The minimum Gasteiger partial charge on any atom is -0.334 e. The summed E-state index contributed by atoms with van der Waals surface area (Å²) in [6, 6.07) is 20.7. The number of benzene rings is 3. The normalized spacial score (nSPS) is 11.2. The maximum absolute atomic E-state index is 13.3. The fourth-order valence-electron chi connectivity index (χ4n) is 3.61. The quantitative estimate of drug-likeness (QED) is 0.355. The molecule has 0 N–H and O–H groups in total. The third-order valence-corrected chi connectivity index (χ3v) is 5.79. The van der Waals surface area contributed by atoms with Gasteiger partial charge in [-0.1, -0.05) is 53.2 Å². The van der Waals surface area contributed by atoms with Crippen molar-refractivity contribution in [2.45, 2.75) is 13.8 Å². The van der Waals surface area contributed by atoms with Crippen LogP contribution in [-0.2, 0) is 0 Å². The van der Waals surface area contributed by atoms with E-state index in [4.69, 9.17) is 16.1 Å². The third-order valence-electron chi connectivity index (χ3n) is 5.46. The van der Waals surface area contributed by atoms with Crippen molar-refractivity contribution in [3.05, 3.63) is 99.4 Å². The largest absolute Gasteiger partial charge is 0.334 e. The van der Waals surface area contributed by atoms with Gasteiger partial charge < -0.3 is 4.52 Å². The molecule has 2 aromatic heterocycles. The minimum absolute atomic E-state index is 0.103. The predicted molar refractivity (Wildman–Crippen MR) is 123 cm³/mol. The van der Waals surface area contributed by atoms with Crippen LogP contribution in [0.4, 0.5) is 0 Å². The molecule has 31 heavy (non-hydrogen) atoms. The first-order valence-electron chi connectivity index (χ1n) is 9.84. The van der Waals surface area contributed by atoms with E-state index in [2.05, 4.69) is 10.1 Å². The summed E-state index contributed by atoms with van der Waals surface area (Å²) in [6.07, 6.45) is 1.76. The van der Waals surface area contributed by atoms with Gasteiger partial charge in [-0.25, -0.2) is 0 Å². The summed E-state index contributed by atoms with van der Waals surface area (Å²) in [5.41, 5.74) is 4.32. The van der Waals surface area contributed by atoms with Crippen molar-refractivity contribution in [3.8, 4) is 28.5 Å². The Hall–Kier alpha value is -3.70. The highest BCUT2D eigenvalue weighted by atomic mass is 35.5. The lowest BCUT2D eigenvalue weighted by Crippen LogP contribution is -2.18. The van der Waals surface area contributed by atoms with Gasteiger partial charge in [0.2, 0.25) is 5.82 Å². The molecule has 5 aromatic rings. The predicted octanol–water partition coefficient (Wildman–Crippen LogP) is 5.98. The molecule has 6 heteroatoms. The zero-order chi connectivity index (χ0) is 21.5. The van der Waals surface area contributed by atoms with Crippen LogP contribution in [0.15, 0.2) is 82.2 Å². The van der Waals surface area contributed by atoms with Gasteiger partial charge in [0, 0.05) is 28.2 Å². The van der Waals surface area contributed by atoms with E-state index in [-0.39, 0.29) is 5.56 Å². The molecule has 0 radical (unpaired) electrons. The Morgan fingerprint density at radius 3 is 2.39 bits per heavy atom. The molecule has 5 rings (SSSR count). The molecule has 152 valence electrons. The molecule has 0 bridgehead atoms. The average Bonchev–Trinajstić information content (AvgIpc) is 3.26. The first-order valence-corrected chi connectivity index (χ1v) is 10.2. The summed E-state index contributed by atoms with van der Waals surface area (Å²) in [5, 5.41) is 6.00. The topological polar surface area (TPSA) is 60.9 Å². The fraction of sp³-hybridized carbons (Fsp3) is 0.0800. The van der Waals surface area contributed by atoms with Crippen LogP contribution < -0.4 is 5.56 Å². The zero-order valence-electron chi connectivity index (χ0n) is 17.0. The van der Waals surface area contributed by atoms with E-state index in [0.717, 1.165) is 16.6 Å². The monoisotopic (exact) mass is 427 g/mol. The standard InChI is InChI=1S/C25H18ClN3O2/c1-15-11-12-17(13-16(15)2)29-14-21(18-7-3-4-8-19(18)25(29)30)24-27-23(28-31-24)20-9-5-6-10-22(20)26/h3-14H,1-2H3. The van der Waals surface area contributed by atoms with Crippen LogP contribution in [0.25, 0.3) is 39.3 Å². The van der Waals surface area contributed by atoms with Crippen molar-refractivity contribution in [1.29, 1.82) is 0 Å². The Labute approximate surface area is 183 Å². The number of pyridine rings is 1. The second-order valence-electron chi connectivity index (χ2n) is 7.44. The van der Waals surface area contributed by atoms with E-state index in [0.29, 0.717) is 33.3 Å². The maximum atomic E-state index is 13.3. The zero-order valence-corrected chi connectivity index (χ0v) is 17.7. The van der Waals surface area contributed by atoms with E-state index in [1.165, 1.54) is 5.56 Å². The Bertz CT molecular complexity index is 1500. The summed E-state index contributed by atoms with van der Waals surface area (Å²) in [4.78, 5) is 17.8. The minimum atomic E-state index is -0.103. The molecule has 0 saturated carbocycles. The molecule has 0 spiro atoms. The van der Waals surface area contributed by atoms with E-state index in [1.807, 2.05) is 74.5 Å². The molecule has 5 nitrogen and oxygen atoms in total. The van der Waals surface area contributed by atoms with E-state index >= 15 is 0 Å². The summed E-state index contributed by atoms with van der Waals surface area (Å²) in [6.45, 7) is 4.07. The number of rotatable bonds is 3. The van der Waals surface area contributed by atoms with E-state index in [1.54, 1.807) is 16.8 Å². The first kappa shape index (κ1) is 19.3. The molecule has 0 unspecified atom stereocenters. The Morgan fingerprint density at radius 2 is 1.61 bits per heavy atom. The van der Waals surface area contributed by atoms with Gasteiger partial charge in [0.1, 0.15) is 0 Å². The third kappa shape index (κ3) is 3.33. The molecule has 0 aliphatic rings. The van der Waals surface area contributed by atoms with Gasteiger partial charge in [-0.3, -0.25) is 9.36 Å². The highest BCUT2D eigenvalue weighted by Crippen LogP contribution is 2.30. The van der Waals surface area contributed by atoms with Crippen molar-refractivity contribution in [2.24, 2.45) is 0 Å². The van der Waals surface area contributed by atoms with Gasteiger partial charge in [-0.15, -0.1) is 0 Å². The van der Waals surface area contributed by atoms with Crippen LogP contribution >= 0.6 is 11.6 Å². The van der Waals surface area contributed by atoms with Crippen LogP contribution in [0.2, 0.25) is 5.02 Å². The Morgan fingerprint density at radius 1 is 0.871 bits per heavy atom. The lowest BCUT2D eigenvalue weighted by Gasteiger charge is -2.12. The van der Waals surface area contributed by atoms with E-state index in [9.17, 15) is 4.79 Å². The second-order valence-corrected chi connectivity index (χ2v) is 7.84. The first-order chi connectivity index (χ1) is 15.0. The summed E-state index contributed by atoms with van der Waals surface area (Å²) >= 11 is 6.30. The molecule has 0 aliphatic heterocycles. The molecule has 3 aromatic carbocycles. The lowest BCUT2D eigenvalue weighted by atomic mass is 10.1. The molecule has 0 fully saturated rings. The summed E-state index contributed by atoms with van der Waals surface area (Å²) < 4.78 is 7.24. The molecule has 0 saturated heterocycles. The van der Waals surface area contributed by atoms with Gasteiger partial charge in [0.15, 0.2) is 0 Å². The number of aryl methyl sites for hydroxylation is 2. The number of halogens is 1. The summed E-state index contributed by atoms with van der Waals surface area (Å²) in [7, 11) is 0. The SMILES string of the molecule is Cc1ccc(-n2cc(-c3nc(-c4ccccc4Cl)no3)c3ccccc3c2=O)cc1C. The van der Waals surface area contributed by atoms with Crippen LogP contribution in [0.1, 0.15) is 11.1 Å². The number of aromatic nitrogens is 3. The van der Waals surface area contributed by atoms with Crippen LogP contribution in [0.5, 0.6) is 0 Å². The van der Waals surface area contributed by atoms with Gasteiger partial charge in [-0.05, 0) is 55.3 Å². The molecule has 0 amide bonds. The number of nitrogens with zero attached hydrogens (tertiary/aromatic N) is 3. The van der Waals surface area contributed by atoms with Crippen molar-refractivity contribution < 1.29 is 4.52 Å². The summed E-state index contributed by atoms with van der Waals surface area (Å²) in [5.74, 6) is 0.720. The van der Waals surface area contributed by atoms with Crippen LogP contribution in [0.3, 0.4) is 0 Å². The van der Waals surface area contributed by atoms with Gasteiger partial charge in [0.25, 0.3) is 11.4 Å². The lowest BCUT2D eigenvalue weighted by molar-refractivity contribution is 0.432. The molecule has 2 heterocycles. The van der Waals surface area contributed by atoms with Gasteiger partial charge in [0.05, 0.1) is 10.6 Å². The van der Waals surface area contributed by atoms with E-state index < -0.39 is 0 Å². The van der Waals surface area contributed by atoms with Crippen molar-refractivity contribution in [1.82, 2.24) is 14.7 Å². The fourth-order valence-corrected chi connectivity index (χ4v) is 3.83. The Kier molecular flexibility index (Phi) is 4.68. The molecule has 0 atom stereocenters. The second kappa shape index (κ2) is 7.52. The smallest absolute Gasteiger partial charge is 0.262 e. The molecular weight excluding hydrogens is 410 g/mol. The average molecular weight is 428 g/mol.